The Balaban J connectivity index is 1.44. The van der Waals surface area contributed by atoms with Gasteiger partial charge in [-0.05, 0) is 31.9 Å². The summed E-state index contributed by atoms with van der Waals surface area (Å²) < 4.78 is 0. The molecule has 1 saturated heterocycles. The Labute approximate surface area is 149 Å². The van der Waals surface area contributed by atoms with E-state index in [1.54, 1.807) is 0 Å². The third-order valence-corrected chi connectivity index (χ3v) is 5.29. The van der Waals surface area contributed by atoms with Gasteiger partial charge in [0, 0.05) is 37.9 Å². The van der Waals surface area contributed by atoms with E-state index < -0.39 is 0 Å². The minimum absolute atomic E-state index is 0.219. The quantitative estimate of drug-likeness (QED) is 0.876. The SMILES string of the molecule is C[C@@H](C(=O)NC(=O)NC1CCCC1)N1CCN(c2ccccc2)CC1. The molecule has 0 unspecified atom stereocenters. The van der Waals surface area contributed by atoms with Crippen LogP contribution in [0, 0.1) is 0 Å². The van der Waals surface area contributed by atoms with Crippen LogP contribution in [-0.2, 0) is 4.79 Å². The highest BCUT2D eigenvalue weighted by molar-refractivity contribution is 5.96. The highest BCUT2D eigenvalue weighted by atomic mass is 16.2. The van der Waals surface area contributed by atoms with Crippen molar-refractivity contribution in [2.75, 3.05) is 31.1 Å². The number of piperazine rings is 1. The molecule has 0 bridgehead atoms. The second kappa shape index (κ2) is 8.34. The van der Waals surface area contributed by atoms with E-state index in [1.807, 2.05) is 25.1 Å². The third-order valence-electron chi connectivity index (χ3n) is 5.29. The molecule has 1 heterocycles. The molecule has 1 aromatic carbocycles. The Morgan fingerprint density at radius 2 is 1.68 bits per heavy atom. The number of nitrogens with zero attached hydrogens (tertiary/aromatic N) is 2. The Hall–Kier alpha value is -2.08. The predicted molar refractivity (Wildman–Crippen MR) is 98.6 cm³/mol. The Morgan fingerprint density at radius 1 is 1.04 bits per heavy atom. The summed E-state index contributed by atoms with van der Waals surface area (Å²) in [5, 5.41) is 5.40. The van der Waals surface area contributed by atoms with Crippen LogP contribution in [0.25, 0.3) is 0 Å². The molecule has 6 heteroatoms. The van der Waals surface area contributed by atoms with Gasteiger partial charge >= 0.3 is 6.03 Å². The van der Waals surface area contributed by atoms with E-state index in [0.717, 1.165) is 51.9 Å². The molecular formula is C19H28N4O2. The van der Waals surface area contributed by atoms with Gasteiger partial charge in [0.2, 0.25) is 5.91 Å². The van der Waals surface area contributed by atoms with Crippen LogP contribution in [0.4, 0.5) is 10.5 Å². The zero-order valence-electron chi connectivity index (χ0n) is 14.9. The Morgan fingerprint density at radius 3 is 2.32 bits per heavy atom. The van der Waals surface area contributed by atoms with Crippen molar-refractivity contribution in [3.05, 3.63) is 30.3 Å². The number of nitrogens with one attached hydrogen (secondary N) is 2. The summed E-state index contributed by atoms with van der Waals surface area (Å²) in [5.41, 5.74) is 1.22. The fraction of sp³-hybridized carbons (Fsp3) is 0.579. The molecule has 3 amide bonds. The number of urea groups is 1. The molecule has 2 fully saturated rings. The largest absolute Gasteiger partial charge is 0.369 e. The van der Waals surface area contributed by atoms with Crippen LogP contribution >= 0.6 is 0 Å². The van der Waals surface area contributed by atoms with Crippen molar-refractivity contribution in [3.63, 3.8) is 0 Å². The lowest BCUT2D eigenvalue weighted by atomic mass is 10.2. The number of amides is 3. The minimum Gasteiger partial charge on any atom is -0.369 e. The first-order valence-corrected chi connectivity index (χ1v) is 9.29. The van der Waals surface area contributed by atoms with Gasteiger partial charge in [-0.2, -0.15) is 0 Å². The molecule has 1 aromatic rings. The molecule has 1 aliphatic heterocycles. The van der Waals surface area contributed by atoms with Crippen LogP contribution < -0.4 is 15.5 Å². The topological polar surface area (TPSA) is 64.7 Å². The second-order valence-electron chi connectivity index (χ2n) is 6.98. The van der Waals surface area contributed by atoms with E-state index in [2.05, 4.69) is 32.6 Å². The van der Waals surface area contributed by atoms with Crippen LogP contribution in [0.2, 0.25) is 0 Å². The summed E-state index contributed by atoms with van der Waals surface area (Å²) in [7, 11) is 0. The smallest absolute Gasteiger partial charge is 0.321 e. The fourth-order valence-electron chi connectivity index (χ4n) is 3.68. The molecular weight excluding hydrogens is 316 g/mol. The van der Waals surface area contributed by atoms with Crippen molar-refractivity contribution < 1.29 is 9.59 Å². The molecule has 1 atom stereocenters. The normalized spacial score (nSPS) is 20.3. The minimum atomic E-state index is -0.355. The van der Waals surface area contributed by atoms with Crippen molar-refractivity contribution in [2.45, 2.75) is 44.7 Å². The average Bonchev–Trinajstić information content (AvgIpc) is 3.14. The van der Waals surface area contributed by atoms with Crippen LogP contribution in [0.3, 0.4) is 0 Å². The number of para-hydroxylation sites is 1. The monoisotopic (exact) mass is 344 g/mol. The van der Waals surface area contributed by atoms with Gasteiger partial charge < -0.3 is 10.2 Å². The number of anilines is 1. The molecule has 0 radical (unpaired) electrons. The second-order valence-corrected chi connectivity index (χ2v) is 6.98. The van der Waals surface area contributed by atoms with Gasteiger partial charge in [-0.15, -0.1) is 0 Å². The molecule has 136 valence electrons. The number of carbonyl (C=O) groups is 2. The number of rotatable bonds is 4. The average molecular weight is 344 g/mol. The zero-order valence-corrected chi connectivity index (χ0v) is 14.9. The van der Waals surface area contributed by atoms with Gasteiger partial charge in [0.05, 0.1) is 6.04 Å². The van der Waals surface area contributed by atoms with Crippen molar-refractivity contribution in [1.29, 1.82) is 0 Å². The lowest BCUT2D eigenvalue weighted by Crippen LogP contribution is -2.56. The van der Waals surface area contributed by atoms with Crippen LogP contribution in [0.15, 0.2) is 30.3 Å². The standard InChI is InChI=1S/C19H28N4O2/c1-15(18(24)21-19(25)20-16-7-5-6-8-16)22-11-13-23(14-12-22)17-9-3-2-4-10-17/h2-4,9-10,15-16H,5-8,11-14H2,1H3,(H2,20,21,24,25)/t15-/m0/s1. The van der Waals surface area contributed by atoms with Gasteiger partial charge in [0.25, 0.3) is 0 Å². The van der Waals surface area contributed by atoms with Gasteiger partial charge in [0.1, 0.15) is 0 Å². The Bertz CT molecular complexity index is 578. The molecule has 1 aliphatic carbocycles. The van der Waals surface area contributed by atoms with Crippen molar-refractivity contribution in [1.82, 2.24) is 15.5 Å². The fourth-order valence-corrected chi connectivity index (χ4v) is 3.68. The number of hydrogen-bond donors (Lipinski definition) is 2. The summed E-state index contributed by atoms with van der Waals surface area (Å²) in [4.78, 5) is 28.8. The molecule has 6 nitrogen and oxygen atoms in total. The van der Waals surface area contributed by atoms with E-state index >= 15 is 0 Å². The molecule has 0 aromatic heterocycles. The molecule has 25 heavy (non-hydrogen) atoms. The first-order valence-electron chi connectivity index (χ1n) is 9.29. The van der Waals surface area contributed by atoms with E-state index in [9.17, 15) is 9.59 Å². The lowest BCUT2D eigenvalue weighted by molar-refractivity contribution is -0.124. The van der Waals surface area contributed by atoms with Crippen molar-refractivity contribution in [3.8, 4) is 0 Å². The summed E-state index contributed by atoms with van der Waals surface area (Å²) in [6.07, 6.45) is 4.33. The third kappa shape index (κ3) is 4.72. The summed E-state index contributed by atoms with van der Waals surface area (Å²) in [5.74, 6) is -0.219. The lowest BCUT2D eigenvalue weighted by Gasteiger charge is -2.38. The van der Waals surface area contributed by atoms with Gasteiger partial charge in [-0.1, -0.05) is 31.0 Å². The van der Waals surface area contributed by atoms with Gasteiger partial charge in [-0.25, -0.2) is 4.79 Å². The van der Waals surface area contributed by atoms with Crippen molar-refractivity contribution in [2.24, 2.45) is 0 Å². The summed E-state index contributed by atoms with van der Waals surface area (Å²) >= 11 is 0. The molecule has 0 spiro atoms. The van der Waals surface area contributed by atoms with Crippen LogP contribution in [0.1, 0.15) is 32.6 Å². The van der Waals surface area contributed by atoms with E-state index in [-0.39, 0.29) is 24.0 Å². The highest BCUT2D eigenvalue weighted by Gasteiger charge is 2.27. The first-order chi connectivity index (χ1) is 12.1. The predicted octanol–water partition coefficient (Wildman–Crippen LogP) is 1.97. The summed E-state index contributed by atoms with van der Waals surface area (Å²) in [6, 6.07) is 9.89. The molecule has 2 N–H and O–H groups in total. The molecule has 2 aliphatic rings. The zero-order chi connectivity index (χ0) is 17.6. The Kier molecular flexibility index (Phi) is 5.91. The van der Waals surface area contributed by atoms with Gasteiger partial charge in [-0.3, -0.25) is 15.0 Å². The van der Waals surface area contributed by atoms with Crippen LogP contribution in [-0.4, -0.2) is 55.1 Å². The van der Waals surface area contributed by atoms with E-state index in [1.165, 1.54) is 5.69 Å². The first kappa shape index (κ1) is 17.7. The number of hydrogen-bond acceptors (Lipinski definition) is 4. The number of benzene rings is 1. The number of carbonyl (C=O) groups excluding carboxylic acids is 2. The van der Waals surface area contributed by atoms with Gasteiger partial charge in [0.15, 0.2) is 0 Å². The van der Waals surface area contributed by atoms with E-state index in [4.69, 9.17) is 0 Å². The maximum atomic E-state index is 12.4. The maximum absolute atomic E-state index is 12.4. The van der Waals surface area contributed by atoms with Crippen LogP contribution in [0.5, 0.6) is 0 Å². The number of imide groups is 1. The van der Waals surface area contributed by atoms with Crippen molar-refractivity contribution >= 4 is 17.6 Å². The van der Waals surface area contributed by atoms with E-state index in [0.29, 0.717) is 0 Å². The maximum Gasteiger partial charge on any atom is 0.321 e. The highest BCUT2D eigenvalue weighted by Crippen LogP contribution is 2.18. The summed E-state index contributed by atoms with van der Waals surface area (Å²) in [6.45, 7) is 5.27. The molecule has 1 saturated carbocycles. The molecule has 3 rings (SSSR count).